The van der Waals surface area contributed by atoms with E-state index in [2.05, 4.69) is 15.9 Å². The van der Waals surface area contributed by atoms with E-state index in [0.717, 1.165) is 18.2 Å². The third-order valence-electron chi connectivity index (χ3n) is 2.15. The fraction of sp³-hybridized carbons (Fsp3) is 0. The number of rotatable bonds is 1. The third-order valence-corrected chi connectivity index (χ3v) is 2.61. The Kier molecular flexibility index (Phi) is 3.01. The van der Waals surface area contributed by atoms with Gasteiger partial charge in [0.05, 0.1) is 5.56 Å². The van der Waals surface area contributed by atoms with Gasteiger partial charge in [0.2, 0.25) is 0 Å². The highest BCUT2D eigenvalue weighted by Gasteiger charge is 2.15. The minimum absolute atomic E-state index is 0.0787. The van der Waals surface area contributed by atoms with Gasteiger partial charge >= 0.3 is 0 Å². The summed E-state index contributed by atoms with van der Waals surface area (Å²) >= 11 is 2.96. The molecular weight excluding hydrogens is 281 g/mol. The van der Waals surface area contributed by atoms with Crippen LogP contribution < -0.4 is 0 Å². The van der Waals surface area contributed by atoms with Gasteiger partial charge < -0.3 is 0 Å². The van der Waals surface area contributed by atoms with Crippen LogP contribution in [0.2, 0.25) is 0 Å². The average molecular weight is 287 g/mol. The van der Waals surface area contributed by atoms with Gasteiger partial charge in [-0.05, 0) is 18.2 Å². The molecule has 2 aromatic carbocycles. The molecule has 0 amide bonds. The van der Waals surface area contributed by atoms with E-state index >= 15 is 0 Å². The smallest absolute Gasteiger partial charge is 0.135 e. The number of halogens is 4. The SMILES string of the molecule is Fc1ccccc1-c1c(F)cc(Br)cc1F. The molecule has 0 unspecified atom stereocenters. The zero-order valence-electron chi connectivity index (χ0n) is 7.98. The van der Waals surface area contributed by atoms with Crippen molar-refractivity contribution in [3.8, 4) is 11.1 Å². The molecule has 2 rings (SSSR count). The van der Waals surface area contributed by atoms with Gasteiger partial charge in [0, 0.05) is 10.0 Å². The Morgan fingerprint density at radius 3 is 1.94 bits per heavy atom. The zero-order chi connectivity index (χ0) is 11.7. The van der Waals surface area contributed by atoms with E-state index in [1.54, 1.807) is 0 Å². The second-order valence-electron chi connectivity index (χ2n) is 3.22. The van der Waals surface area contributed by atoms with Gasteiger partial charge in [-0.25, -0.2) is 13.2 Å². The maximum absolute atomic E-state index is 13.5. The van der Waals surface area contributed by atoms with Crippen LogP contribution in [0.4, 0.5) is 13.2 Å². The zero-order valence-corrected chi connectivity index (χ0v) is 9.56. The van der Waals surface area contributed by atoms with Gasteiger partial charge in [-0.2, -0.15) is 0 Å². The van der Waals surface area contributed by atoms with Crippen molar-refractivity contribution in [2.45, 2.75) is 0 Å². The van der Waals surface area contributed by atoms with Gasteiger partial charge in [-0.1, -0.05) is 34.1 Å². The molecule has 0 radical (unpaired) electrons. The molecule has 16 heavy (non-hydrogen) atoms. The van der Waals surface area contributed by atoms with Crippen LogP contribution in [0.5, 0.6) is 0 Å². The summed E-state index contributed by atoms with van der Waals surface area (Å²) in [5.41, 5.74) is -0.425. The number of benzene rings is 2. The predicted octanol–water partition coefficient (Wildman–Crippen LogP) is 4.53. The maximum atomic E-state index is 13.5. The maximum Gasteiger partial charge on any atom is 0.135 e. The van der Waals surface area contributed by atoms with Crippen molar-refractivity contribution in [2.75, 3.05) is 0 Å². The van der Waals surface area contributed by atoms with Gasteiger partial charge in [0.1, 0.15) is 17.5 Å². The summed E-state index contributed by atoms with van der Waals surface area (Å²) in [6.45, 7) is 0. The summed E-state index contributed by atoms with van der Waals surface area (Å²) in [6, 6.07) is 7.70. The Balaban J connectivity index is 2.70. The Morgan fingerprint density at radius 1 is 0.812 bits per heavy atom. The Hall–Kier alpha value is -1.29. The lowest BCUT2D eigenvalue weighted by Crippen LogP contribution is -1.93. The molecule has 0 aliphatic rings. The van der Waals surface area contributed by atoms with Gasteiger partial charge in [0.15, 0.2) is 0 Å². The van der Waals surface area contributed by atoms with Crippen molar-refractivity contribution in [3.63, 3.8) is 0 Å². The Morgan fingerprint density at radius 2 is 1.38 bits per heavy atom. The van der Waals surface area contributed by atoms with E-state index < -0.39 is 17.5 Å². The normalized spacial score (nSPS) is 10.5. The monoisotopic (exact) mass is 286 g/mol. The van der Waals surface area contributed by atoms with Crippen molar-refractivity contribution in [3.05, 3.63) is 58.3 Å². The van der Waals surface area contributed by atoms with Crippen LogP contribution in [0, 0.1) is 17.5 Å². The number of hydrogen-bond acceptors (Lipinski definition) is 0. The van der Waals surface area contributed by atoms with Crippen LogP contribution in [-0.2, 0) is 0 Å². The first kappa shape index (κ1) is 11.2. The first-order valence-corrected chi connectivity index (χ1v) is 5.28. The highest BCUT2D eigenvalue weighted by molar-refractivity contribution is 9.10. The summed E-state index contributed by atoms with van der Waals surface area (Å²) in [4.78, 5) is 0. The Labute approximate surface area is 98.9 Å². The molecule has 82 valence electrons. The average Bonchev–Trinajstić information content (AvgIpc) is 2.19. The van der Waals surface area contributed by atoms with Crippen molar-refractivity contribution in [2.24, 2.45) is 0 Å². The van der Waals surface area contributed by atoms with Crippen molar-refractivity contribution in [1.82, 2.24) is 0 Å². The summed E-state index contributed by atoms with van der Waals surface area (Å²) < 4.78 is 40.8. The first-order valence-electron chi connectivity index (χ1n) is 4.49. The summed E-state index contributed by atoms with van der Waals surface area (Å²) in [5.74, 6) is -2.24. The molecule has 0 fully saturated rings. The topological polar surface area (TPSA) is 0 Å². The molecule has 0 N–H and O–H groups in total. The van der Waals surface area contributed by atoms with E-state index in [1.165, 1.54) is 18.2 Å². The lowest BCUT2D eigenvalue weighted by molar-refractivity contribution is 0.581. The lowest BCUT2D eigenvalue weighted by atomic mass is 10.0. The summed E-state index contributed by atoms with van der Waals surface area (Å²) in [7, 11) is 0. The van der Waals surface area contributed by atoms with Crippen LogP contribution in [-0.4, -0.2) is 0 Å². The highest BCUT2D eigenvalue weighted by atomic mass is 79.9. The molecule has 0 bridgehead atoms. The van der Waals surface area contributed by atoms with Crippen molar-refractivity contribution >= 4 is 15.9 Å². The second-order valence-corrected chi connectivity index (χ2v) is 4.14. The molecule has 2 aromatic rings. The fourth-order valence-electron chi connectivity index (χ4n) is 1.46. The molecule has 0 atom stereocenters. The molecule has 0 nitrogen and oxygen atoms in total. The minimum atomic E-state index is -0.794. The highest BCUT2D eigenvalue weighted by Crippen LogP contribution is 2.30. The molecule has 4 heteroatoms. The molecular formula is C12H6BrF3. The molecule has 0 aromatic heterocycles. The van der Waals surface area contributed by atoms with E-state index in [1.807, 2.05) is 0 Å². The molecule has 0 aliphatic carbocycles. The van der Waals surface area contributed by atoms with Gasteiger partial charge in [0.25, 0.3) is 0 Å². The van der Waals surface area contributed by atoms with E-state index in [4.69, 9.17) is 0 Å². The predicted molar refractivity (Wildman–Crippen MR) is 59.5 cm³/mol. The van der Waals surface area contributed by atoms with E-state index in [9.17, 15) is 13.2 Å². The summed E-state index contributed by atoms with van der Waals surface area (Å²) in [6.07, 6.45) is 0. The largest absolute Gasteiger partial charge is 0.206 e. The van der Waals surface area contributed by atoms with Crippen LogP contribution in [0.15, 0.2) is 40.9 Å². The quantitative estimate of drug-likeness (QED) is 0.722. The van der Waals surface area contributed by atoms with Gasteiger partial charge in [-0.3, -0.25) is 0 Å². The molecule has 0 saturated carbocycles. The van der Waals surface area contributed by atoms with Crippen LogP contribution in [0.1, 0.15) is 0 Å². The van der Waals surface area contributed by atoms with Crippen LogP contribution in [0.3, 0.4) is 0 Å². The summed E-state index contributed by atoms with van der Waals surface area (Å²) in [5, 5.41) is 0. The van der Waals surface area contributed by atoms with E-state index in [0.29, 0.717) is 0 Å². The molecule has 0 saturated heterocycles. The molecule has 0 aliphatic heterocycles. The minimum Gasteiger partial charge on any atom is -0.206 e. The second kappa shape index (κ2) is 4.29. The van der Waals surface area contributed by atoms with Gasteiger partial charge in [-0.15, -0.1) is 0 Å². The first-order chi connectivity index (χ1) is 7.59. The number of hydrogen-bond donors (Lipinski definition) is 0. The van der Waals surface area contributed by atoms with Crippen LogP contribution in [0.25, 0.3) is 11.1 Å². The molecule has 0 heterocycles. The lowest BCUT2D eigenvalue weighted by Gasteiger charge is -2.06. The fourth-order valence-corrected chi connectivity index (χ4v) is 1.87. The third kappa shape index (κ3) is 1.97. The molecule has 0 spiro atoms. The van der Waals surface area contributed by atoms with Crippen molar-refractivity contribution < 1.29 is 13.2 Å². The van der Waals surface area contributed by atoms with Crippen molar-refractivity contribution in [1.29, 1.82) is 0 Å². The standard InChI is InChI=1S/C12H6BrF3/c13-7-5-10(15)12(11(16)6-7)8-3-1-2-4-9(8)14/h1-6H. The van der Waals surface area contributed by atoms with Crippen LogP contribution >= 0.6 is 15.9 Å². The van der Waals surface area contributed by atoms with E-state index in [-0.39, 0.29) is 15.6 Å². The Bertz CT molecular complexity index is 515.